The van der Waals surface area contributed by atoms with Crippen LogP contribution in [0.1, 0.15) is 11.1 Å². The molecular weight excluding hydrogens is 379 g/mol. The molecule has 0 aliphatic carbocycles. The van der Waals surface area contributed by atoms with Crippen molar-refractivity contribution in [2.75, 3.05) is 4.90 Å². The molecule has 0 spiro atoms. The average Bonchev–Trinajstić information content (AvgIpc) is 2.56. The van der Waals surface area contributed by atoms with Crippen molar-refractivity contribution in [2.45, 2.75) is 6.92 Å². The maximum absolute atomic E-state index is 12.8. The summed E-state index contributed by atoms with van der Waals surface area (Å²) in [4.78, 5) is 26.4. The van der Waals surface area contributed by atoms with Crippen LogP contribution < -0.4 is 10.2 Å². The lowest BCUT2D eigenvalue weighted by molar-refractivity contribution is -0.122. The van der Waals surface area contributed by atoms with Gasteiger partial charge < -0.3 is 0 Å². The fourth-order valence-corrected chi connectivity index (χ4v) is 2.94. The minimum Gasteiger partial charge on any atom is -0.298 e. The van der Waals surface area contributed by atoms with Gasteiger partial charge in [-0.05, 0) is 55.0 Å². The number of hydrogen-bond donors (Lipinski definition) is 1. The molecule has 7 heteroatoms. The number of hydrogen-bond acceptors (Lipinski definition) is 3. The van der Waals surface area contributed by atoms with Gasteiger partial charge in [0.25, 0.3) is 11.8 Å². The molecule has 1 aliphatic rings. The van der Waals surface area contributed by atoms with Gasteiger partial charge in [-0.25, -0.2) is 0 Å². The Kier molecular flexibility index (Phi) is 4.90. The lowest BCUT2D eigenvalue weighted by Crippen LogP contribution is -2.54. The van der Waals surface area contributed by atoms with Gasteiger partial charge in [0.2, 0.25) is 0 Å². The molecule has 0 bridgehead atoms. The number of nitrogens with zero attached hydrogens (tertiary/aromatic N) is 1. The van der Waals surface area contributed by atoms with E-state index >= 15 is 0 Å². The van der Waals surface area contributed by atoms with Gasteiger partial charge in [-0.2, -0.15) is 0 Å². The molecule has 2 amide bonds. The summed E-state index contributed by atoms with van der Waals surface area (Å²) in [5.74, 6) is -1.05. The van der Waals surface area contributed by atoms with Gasteiger partial charge in [0.1, 0.15) is 5.57 Å². The lowest BCUT2D eigenvalue weighted by Gasteiger charge is -2.29. The number of carbonyl (C=O) groups excluding carboxylic acids is 2. The number of thiocarbonyl (C=S) groups is 1. The van der Waals surface area contributed by atoms with Crippen LogP contribution in [0.25, 0.3) is 6.08 Å². The molecular formula is C18H12Cl2N2O2S. The molecule has 1 fully saturated rings. The summed E-state index contributed by atoms with van der Waals surface area (Å²) in [7, 11) is 0. The molecule has 1 saturated heterocycles. The highest BCUT2D eigenvalue weighted by Crippen LogP contribution is 2.26. The minimum absolute atomic E-state index is 0.0347. The van der Waals surface area contributed by atoms with Crippen molar-refractivity contribution in [3.05, 3.63) is 69.2 Å². The van der Waals surface area contributed by atoms with E-state index in [0.717, 1.165) is 5.56 Å². The zero-order valence-corrected chi connectivity index (χ0v) is 15.4. The van der Waals surface area contributed by atoms with Crippen LogP contribution in [0.15, 0.2) is 48.0 Å². The average molecular weight is 391 g/mol. The van der Waals surface area contributed by atoms with Crippen LogP contribution in [0, 0.1) is 6.92 Å². The molecule has 1 heterocycles. The van der Waals surface area contributed by atoms with E-state index < -0.39 is 11.8 Å². The first-order valence-corrected chi connectivity index (χ1v) is 8.46. The van der Waals surface area contributed by atoms with Gasteiger partial charge in [0.15, 0.2) is 5.11 Å². The predicted octanol–water partition coefficient (Wildman–Crippen LogP) is 4.13. The van der Waals surface area contributed by atoms with E-state index in [9.17, 15) is 9.59 Å². The number of aryl methyl sites for hydroxylation is 1. The number of anilines is 1. The Bertz CT molecular complexity index is 923. The topological polar surface area (TPSA) is 49.4 Å². The van der Waals surface area contributed by atoms with Crippen LogP contribution >= 0.6 is 35.4 Å². The minimum atomic E-state index is -0.551. The molecule has 1 aliphatic heterocycles. The Hall–Kier alpha value is -2.21. The first-order chi connectivity index (χ1) is 11.9. The van der Waals surface area contributed by atoms with E-state index in [-0.39, 0.29) is 10.7 Å². The molecule has 0 atom stereocenters. The third-order valence-electron chi connectivity index (χ3n) is 3.65. The normalized spacial score (nSPS) is 16.4. The second kappa shape index (κ2) is 6.96. The summed E-state index contributed by atoms with van der Waals surface area (Å²) in [6.45, 7) is 1.94. The summed E-state index contributed by atoms with van der Waals surface area (Å²) < 4.78 is 0. The van der Waals surface area contributed by atoms with E-state index in [1.54, 1.807) is 30.3 Å². The summed E-state index contributed by atoms with van der Waals surface area (Å²) in [6, 6.07) is 12.1. The van der Waals surface area contributed by atoms with E-state index in [1.807, 2.05) is 19.1 Å². The Labute approximate surface area is 160 Å². The van der Waals surface area contributed by atoms with Crippen LogP contribution in [0.3, 0.4) is 0 Å². The van der Waals surface area contributed by atoms with Gasteiger partial charge in [0.05, 0.1) is 15.7 Å². The highest BCUT2D eigenvalue weighted by atomic mass is 35.5. The summed E-state index contributed by atoms with van der Waals surface area (Å²) in [6.07, 6.45) is 1.46. The molecule has 0 radical (unpaired) electrons. The SMILES string of the molecule is Cc1ccc(N2C(=O)/C(=C\c3ccc(Cl)c(Cl)c3)C(=O)NC2=S)cc1. The smallest absolute Gasteiger partial charge is 0.270 e. The van der Waals surface area contributed by atoms with Gasteiger partial charge in [-0.15, -0.1) is 0 Å². The highest BCUT2D eigenvalue weighted by molar-refractivity contribution is 7.80. The first kappa shape index (κ1) is 17.6. The summed E-state index contributed by atoms with van der Waals surface area (Å²) in [5.41, 5.74) is 2.19. The third-order valence-corrected chi connectivity index (χ3v) is 4.67. The monoisotopic (exact) mass is 390 g/mol. The highest BCUT2D eigenvalue weighted by Gasteiger charge is 2.34. The van der Waals surface area contributed by atoms with Crippen LogP contribution in [0.2, 0.25) is 10.0 Å². The number of carbonyl (C=O) groups is 2. The molecule has 0 aromatic heterocycles. The zero-order chi connectivity index (χ0) is 18.1. The van der Waals surface area contributed by atoms with Crippen molar-refractivity contribution >= 4 is 64.1 Å². The molecule has 4 nitrogen and oxygen atoms in total. The van der Waals surface area contributed by atoms with Crippen molar-refractivity contribution < 1.29 is 9.59 Å². The Morgan fingerprint density at radius 3 is 2.36 bits per heavy atom. The Balaban J connectivity index is 2.01. The van der Waals surface area contributed by atoms with E-state index in [4.69, 9.17) is 35.4 Å². The number of rotatable bonds is 2. The third kappa shape index (κ3) is 3.58. The van der Waals surface area contributed by atoms with Crippen LogP contribution in [-0.2, 0) is 9.59 Å². The molecule has 2 aromatic rings. The van der Waals surface area contributed by atoms with Gasteiger partial charge >= 0.3 is 0 Å². The van der Waals surface area contributed by atoms with Crippen LogP contribution in [0.5, 0.6) is 0 Å². The number of amides is 2. The molecule has 126 valence electrons. The number of halogens is 2. The lowest BCUT2D eigenvalue weighted by atomic mass is 10.1. The molecule has 25 heavy (non-hydrogen) atoms. The predicted molar refractivity (Wildman–Crippen MR) is 104 cm³/mol. The molecule has 1 N–H and O–H groups in total. The fourth-order valence-electron chi connectivity index (χ4n) is 2.35. The second-order valence-electron chi connectivity index (χ2n) is 5.47. The standard InChI is InChI=1S/C18H12Cl2N2O2S/c1-10-2-5-12(6-3-10)22-17(24)13(16(23)21-18(22)25)8-11-4-7-14(19)15(20)9-11/h2-9H,1H3,(H,21,23,25)/b13-8-. The second-order valence-corrected chi connectivity index (χ2v) is 6.67. The first-order valence-electron chi connectivity index (χ1n) is 7.30. The summed E-state index contributed by atoms with van der Waals surface area (Å²) in [5, 5.41) is 3.32. The van der Waals surface area contributed by atoms with E-state index in [0.29, 0.717) is 21.3 Å². The molecule has 2 aromatic carbocycles. The molecule has 0 unspecified atom stereocenters. The number of nitrogens with one attached hydrogen (secondary N) is 1. The van der Waals surface area contributed by atoms with Gasteiger partial charge in [-0.1, -0.05) is 47.0 Å². The number of benzene rings is 2. The van der Waals surface area contributed by atoms with Crippen LogP contribution in [0.4, 0.5) is 5.69 Å². The van der Waals surface area contributed by atoms with E-state index in [1.165, 1.54) is 11.0 Å². The van der Waals surface area contributed by atoms with Crippen molar-refractivity contribution in [1.29, 1.82) is 0 Å². The molecule has 3 rings (SSSR count). The maximum atomic E-state index is 12.8. The van der Waals surface area contributed by atoms with Crippen molar-refractivity contribution in [3.63, 3.8) is 0 Å². The Morgan fingerprint density at radius 1 is 1.04 bits per heavy atom. The van der Waals surface area contributed by atoms with Crippen molar-refractivity contribution in [3.8, 4) is 0 Å². The zero-order valence-electron chi connectivity index (χ0n) is 13.0. The van der Waals surface area contributed by atoms with Crippen molar-refractivity contribution in [2.24, 2.45) is 0 Å². The quantitative estimate of drug-likeness (QED) is 0.476. The largest absolute Gasteiger partial charge is 0.298 e. The fraction of sp³-hybridized carbons (Fsp3) is 0.0556. The summed E-state index contributed by atoms with van der Waals surface area (Å²) >= 11 is 17.0. The van der Waals surface area contributed by atoms with Gasteiger partial charge in [0, 0.05) is 0 Å². The Morgan fingerprint density at radius 2 is 1.72 bits per heavy atom. The van der Waals surface area contributed by atoms with Gasteiger partial charge in [-0.3, -0.25) is 19.8 Å². The van der Waals surface area contributed by atoms with Crippen LogP contribution in [-0.4, -0.2) is 16.9 Å². The van der Waals surface area contributed by atoms with Crippen molar-refractivity contribution in [1.82, 2.24) is 5.32 Å². The van der Waals surface area contributed by atoms with E-state index in [2.05, 4.69) is 5.32 Å². The molecule has 0 saturated carbocycles. The maximum Gasteiger partial charge on any atom is 0.270 e.